The minimum Gasteiger partial charge on any atom is -0.393 e. The molecule has 1 atom stereocenters. The highest BCUT2D eigenvalue weighted by Crippen LogP contribution is 2.17. The van der Waals surface area contributed by atoms with Crippen molar-refractivity contribution in [2.24, 2.45) is 0 Å². The summed E-state index contributed by atoms with van der Waals surface area (Å²) in [6, 6.07) is 6.20. The first-order valence-corrected chi connectivity index (χ1v) is 6.17. The molecule has 0 saturated carbocycles. The number of para-hydroxylation sites is 1. The highest BCUT2D eigenvalue weighted by atomic mass is 16.6. The van der Waals surface area contributed by atoms with E-state index >= 15 is 0 Å². The zero-order valence-corrected chi connectivity index (χ0v) is 10.8. The minimum absolute atomic E-state index is 0.00810. The van der Waals surface area contributed by atoms with Crippen molar-refractivity contribution >= 4 is 11.6 Å². The third kappa shape index (κ3) is 5.48. The molecule has 6 heteroatoms. The molecule has 1 aromatic rings. The van der Waals surface area contributed by atoms with Gasteiger partial charge in [0.1, 0.15) is 0 Å². The van der Waals surface area contributed by atoms with E-state index in [1.807, 2.05) is 0 Å². The van der Waals surface area contributed by atoms with Crippen LogP contribution in [0.15, 0.2) is 24.3 Å². The lowest BCUT2D eigenvalue weighted by molar-refractivity contribution is -0.385. The SMILES string of the molecule is CC(O)CCCNC(=O)Cc1ccccc1[N+](=O)[O-]. The van der Waals surface area contributed by atoms with Gasteiger partial charge in [-0.1, -0.05) is 18.2 Å². The van der Waals surface area contributed by atoms with E-state index in [0.717, 1.165) is 0 Å². The summed E-state index contributed by atoms with van der Waals surface area (Å²) in [5, 5.41) is 22.5. The zero-order valence-electron chi connectivity index (χ0n) is 10.8. The van der Waals surface area contributed by atoms with E-state index in [-0.39, 0.29) is 24.1 Å². The molecule has 1 rings (SSSR count). The first-order valence-electron chi connectivity index (χ1n) is 6.17. The van der Waals surface area contributed by atoms with Crippen molar-refractivity contribution < 1.29 is 14.8 Å². The number of aliphatic hydroxyl groups is 1. The van der Waals surface area contributed by atoms with Crippen LogP contribution in [0.1, 0.15) is 25.3 Å². The van der Waals surface area contributed by atoms with Gasteiger partial charge in [0.05, 0.1) is 17.4 Å². The van der Waals surface area contributed by atoms with Gasteiger partial charge in [0.2, 0.25) is 5.91 Å². The quantitative estimate of drug-likeness (QED) is 0.443. The lowest BCUT2D eigenvalue weighted by atomic mass is 10.1. The third-order valence-corrected chi connectivity index (χ3v) is 2.66. The normalized spacial score (nSPS) is 11.9. The average molecular weight is 266 g/mol. The number of hydrogen-bond donors (Lipinski definition) is 2. The number of rotatable bonds is 7. The van der Waals surface area contributed by atoms with Crippen LogP contribution in [0.2, 0.25) is 0 Å². The Hall–Kier alpha value is -1.95. The molecule has 1 amide bonds. The Labute approximate surface area is 111 Å². The molecule has 1 aromatic carbocycles. The standard InChI is InChI=1S/C13H18N2O4/c1-10(16)5-4-8-14-13(17)9-11-6-2-3-7-12(11)15(18)19/h2-3,6-7,10,16H,4-5,8-9H2,1H3,(H,14,17). The molecule has 2 N–H and O–H groups in total. The van der Waals surface area contributed by atoms with E-state index in [1.54, 1.807) is 25.1 Å². The number of nitrogens with zero attached hydrogens (tertiary/aromatic N) is 1. The van der Waals surface area contributed by atoms with Gasteiger partial charge in [-0.2, -0.15) is 0 Å². The third-order valence-electron chi connectivity index (χ3n) is 2.66. The van der Waals surface area contributed by atoms with E-state index in [0.29, 0.717) is 24.9 Å². The van der Waals surface area contributed by atoms with Crippen molar-refractivity contribution in [3.63, 3.8) is 0 Å². The smallest absolute Gasteiger partial charge is 0.273 e. The van der Waals surface area contributed by atoms with Crippen LogP contribution in [-0.2, 0) is 11.2 Å². The maximum Gasteiger partial charge on any atom is 0.273 e. The molecule has 0 fully saturated rings. The van der Waals surface area contributed by atoms with E-state index in [4.69, 9.17) is 5.11 Å². The minimum atomic E-state index is -0.490. The van der Waals surface area contributed by atoms with Crippen LogP contribution in [-0.4, -0.2) is 28.6 Å². The number of benzene rings is 1. The molecule has 104 valence electrons. The summed E-state index contributed by atoms with van der Waals surface area (Å²) in [5.74, 6) is -0.250. The van der Waals surface area contributed by atoms with Crippen LogP contribution < -0.4 is 5.32 Å². The highest BCUT2D eigenvalue weighted by Gasteiger charge is 2.14. The molecule has 0 saturated heterocycles. The van der Waals surface area contributed by atoms with Crippen LogP contribution in [0.4, 0.5) is 5.69 Å². The second-order valence-corrected chi connectivity index (χ2v) is 4.40. The van der Waals surface area contributed by atoms with E-state index in [9.17, 15) is 14.9 Å². The van der Waals surface area contributed by atoms with Gasteiger partial charge in [0.25, 0.3) is 5.69 Å². The number of nitro groups is 1. The molecule has 0 aliphatic heterocycles. The van der Waals surface area contributed by atoms with Crippen molar-refractivity contribution in [1.29, 1.82) is 0 Å². The van der Waals surface area contributed by atoms with Crippen molar-refractivity contribution in [2.75, 3.05) is 6.54 Å². The molecule has 1 unspecified atom stereocenters. The van der Waals surface area contributed by atoms with Crippen molar-refractivity contribution in [3.05, 3.63) is 39.9 Å². The molecule has 0 spiro atoms. The monoisotopic (exact) mass is 266 g/mol. The maximum atomic E-state index is 11.6. The summed E-state index contributed by atoms with van der Waals surface area (Å²) in [4.78, 5) is 21.9. The zero-order chi connectivity index (χ0) is 14.3. The largest absolute Gasteiger partial charge is 0.393 e. The van der Waals surface area contributed by atoms with Crippen LogP contribution >= 0.6 is 0 Å². The van der Waals surface area contributed by atoms with Crippen molar-refractivity contribution in [1.82, 2.24) is 5.32 Å². The predicted octanol–water partition coefficient (Wildman–Crippen LogP) is 1.41. The fourth-order valence-corrected chi connectivity index (χ4v) is 1.70. The van der Waals surface area contributed by atoms with E-state index in [1.165, 1.54) is 6.07 Å². The molecular weight excluding hydrogens is 248 g/mol. The van der Waals surface area contributed by atoms with Crippen LogP contribution in [0.5, 0.6) is 0 Å². The maximum absolute atomic E-state index is 11.6. The van der Waals surface area contributed by atoms with Gasteiger partial charge in [-0.05, 0) is 19.8 Å². The summed E-state index contributed by atoms with van der Waals surface area (Å²) < 4.78 is 0. The topological polar surface area (TPSA) is 92.5 Å². The molecule has 0 aliphatic carbocycles. The fraction of sp³-hybridized carbons (Fsp3) is 0.462. The Morgan fingerprint density at radius 3 is 2.79 bits per heavy atom. The Balaban J connectivity index is 2.46. The van der Waals surface area contributed by atoms with Crippen molar-refractivity contribution in [3.8, 4) is 0 Å². The molecule has 0 bridgehead atoms. The average Bonchev–Trinajstić information content (AvgIpc) is 2.35. The van der Waals surface area contributed by atoms with E-state index < -0.39 is 4.92 Å². The summed E-state index contributed by atoms with van der Waals surface area (Å²) >= 11 is 0. The summed E-state index contributed by atoms with van der Waals surface area (Å²) in [6.45, 7) is 2.15. The molecular formula is C13H18N2O4. The number of carbonyl (C=O) groups excluding carboxylic acids is 1. The molecule has 19 heavy (non-hydrogen) atoms. The highest BCUT2D eigenvalue weighted by molar-refractivity contribution is 5.79. The second kappa shape index (κ2) is 7.48. The summed E-state index contributed by atoms with van der Waals surface area (Å²) in [7, 11) is 0. The van der Waals surface area contributed by atoms with Gasteiger partial charge in [-0.15, -0.1) is 0 Å². The number of nitrogens with one attached hydrogen (secondary N) is 1. The van der Waals surface area contributed by atoms with Gasteiger partial charge in [-0.25, -0.2) is 0 Å². The second-order valence-electron chi connectivity index (χ2n) is 4.40. The summed E-state index contributed by atoms with van der Waals surface area (Å²) in [5.41, 5.74) is 0.363. The Morgan fingerprint density at radius 1 is 1.47 bits per heavy atom. The lowest BCUT2D eigenvalue weighted by Crippen LogP contribution is -2.26. The number of aliphatic hydroxyl groups excluding tert-OH is 1. The molecule has 0 aliphatic rings. The molecule has 0 heterocycles. The predicted molar refractivity (Wildman–Crippen MR) is 70.7 cm³/mol. The van der Waals surface area contributed by atoms with Gasteiger partial charge in [-0.3, -0.25) is 14.9 Å². The first-order chi connectivity index (χ1) is 9.00. The fourth-order valence-electron chi connectivity index (χ4n) is 1.70. The number of amides is 1. The molecule has 0 aromatic heterocycles. The van der Waals surface area contributed by atoms with Gasteiger partial charge < -0.3 is 10.4 Å². The Morgan fingerprint density at radius 2 is 2.16 bits per heavy atom. The van der Waals surface area contributed by atoms with Crippen molar-refractivity contribution in [2.45, 2.75) is 32.3 Å². The summed E-state index contributed by atoms with van der Waals surface area (Å²) in [6.07, 6.45) is 0.907. The molecule has 0 radical (unpaired) electrons. The number of hydrogen-bond acceptors (Lipinski definition) is 4. The first kappa shape index (κ1) is 15.1. The Bertz CT molecular complexity index is 446. The number of carbonyl (C=O) groups is 1. The van der Waals surface area contributed by atoms with Gasteiger partial charge in [0, 0.05) is 18.2 Å². The van der Waals surface area contributed by atoms with E-state index in [2.05, 4.69) is 5.32 Å². The van der Waals surface area contributed by atoms with Gasteiger partial charge in [0.15, 0.2) is 0 Å². The van der Waals surface area contributed by atoms with Crippen LogP contribution in [0.3, 0.4) is 0 Å². The van der Waals surface area contributed by atoms with Crippen LogP contribution in [0.25, 0.3) is 0 Å². The number of nitro benzene ring substituents is 1. The lowest BCUT2D eigenvalue weighted by Gasteiger charge is -2.07. The molecule has 6 nitrogen and oxygen atoms in total. The Kier molecular flexibility index (Phi) is 5.95. The van der Waals surface area contributed by atoms with Gasteiger partial charge >= 0.3 is 0 Å². The van der Waals surface area contributed by atoms with Crippen LogP contribution in [0, 0.1) is 10.1 Å².